The maximum atomic E-state index is 5.73. The summed E-state index contributed by atoms with van der Waals surface area (Å²) < 4.78 is 7.94. The summed E-state index contributed by atoms with van der Waals surface area (Å²) in [6.07, 6.45) is 7.95. The first-order valence-electron chi connectivity index (χ1n) is 8.68. The Morgan fingerprint density at radius 1 is 1.19 bits per heavy atom. The van der Waals surface area contributed by atoms with Crippen LogP contribution in [0.4, 0.5) is 0 Å². The number of ether oxygens (including phenoxy) is 1. The molecule has 0 N–H and O–H groups in total. The van der Waals surface area contributed by atoms with Crippen molar-refractivity contribution in [2.45, 2.75) is 51.6 Å². The monoisotopic (exact) mass is 289 g/mol. The average Bonchev–Trinajstić information content (AvgIpc) is 3.37. The SMILES string of the molecule is CCOC[C@@H]1CN(CC2CC2)Cc2cn(CC3CC3)nc21. The molecular weight excluding hydrogens is 262 g/mol. The van der Waals surface area contributed by atoms with Gasteiger partial charge < -0.3 is 4.74 Å². The number of hydrogen-bond acceptors (Lipinski definition) is 3. The molecule has 1 atom stereocenters. The van der Waals surface area contributed by atoms with Gasteiger partial charge in [0.25, 0.3) is 0 Å². The molecule has 0 aromatic carbocycles. The van der Waals surface area contributed by atoms with Crippen molar-refractivity contribution in [3.05, 3.63) is 17.5 Å². The van der Waals surface area contributed by atoms with Gasteiger partial charge in [-0.15, -0.1) is 0 Å². The second-order valence-corrected chi connectivity index (χ2v) is 7.20. The highest BCUT2D eigenvalue weighted by Crippen LogP contribution is 2.35. The lowest BCUT2D eigenvalue weighted by molar-refractivity contribution is 0.104. The van der Waals surface area contributed by atoms with Gasteiger partial charge in [-0.1, -0.05) is 0 Å². The van der Waals surface area contributed by atoms with Crippen LogP contribution < -0.4 is 0 Å². The Balaban J connectivity index is 1.50. The van der Waals surface area contributed by atoms with E-state index in [1.54, 1.807) is 0 Å². The predicted octanol–water partition coefficient (Wildman–Crippen LogP) is 2.64. The van der Waals surface area contributed by atoms with E-state index < -0.39 is 0 Å². The lowest BCUT2D eigenvalue weighted by Gasteiger charge is -2.31. The van der Waals surface area contributed by atoms with Crippen LogP contribution in [0.5, 0.6) is 0 Å². The molecule has 2 aliphatic carbocycles. The van der Waals surface area contributed by atoms with E-state index in [-0.39, 0.29) is 0 Å². The van der Waals surface area contributed by atoms with E-state index in [1.165, 1.54) is 43.5 Å². The predicted molar refractivity (Wildman–Crippen MR) is 82.2 cm³/mol. The van der Waals surface area contributed by atoms with Crippen LogP contribution in [0.1, 0.15) is 49.8 Å². The van der Waals surface area contributed by atoms with E-state index >= 15 is 0 Å². The minimum atomic E-state index is 0.466. The van der Waals surface area contributed by atoms with Crippen molar-refractivity contribution in [1.29, 1.82) is 0 Å². The Kier molecular flexibility index (Phi) is 3.76. The van der Waals surface area contributed by atoms with Gasteiger partial charge in [-0.3, -0.25) is 9.58 Å². The molecule has 2 fully saturated rings. The van der Waals surface area contributed by atoms with Gasteiger partial charge in [0.2, 0.25) is 0 Å². The van der Waals surface area contributed by atoms with Gasteiger partial charge in [-0.05, 0) is 44.4 Å². The molecule has 3 aliphatic rings. The molecule has 21 heavy (non-hydrogen) atoms. The summed E-state index contributed by atoms with van der Waals surface area (Å²) >= 11 is 0. The van der Waals surface area contributed by atoms with E-state index in [1.807, 2.05) is 0 Å². The lowest BCUT2D eigenvalue weighted by atomic mass is 9.97. The summed E-state index contributed by atoms with van der Waals surface area (Å²) in [7, 11) is 0. The van der Waals surface area contributed by atoms with Gasteiger partial charge in [0.15, 0.2) is 0 Å². The number of fused-ring (bicyclic) bond motifs is 1. The zero-order chi connectivity index (χ0) is 14.2. The molecule has 0 unspecified atom stereocenters. The third-order valence-electron chi connectivity index (χ3n) is 5.01. The minimum absolute atomic E-state index is 0.466. The largest absolute Gasteiger partial charge is 0.381 e. The van der Waals surface area contributed by atoms with Gasteiger partial charge in [0.1, 0.15) is 0 Å². The Morgan fingerprint density at radius 3 is 2.67 bits per heavy atom. The topological polar surface area (TPSA) is 30.3 Å². The Hall–Kier alpha value is -0.870. The van der Waals surface area contributed by atoms with Gasteiger partial charge >= 0.3 is 0 Å². The van der Waals surface area contributed by atoms with Crippen LogP contribution in [0.3, 0.4) is 0 Å². The van der Waals surface area contributed by atoms with Crippen molar-refractivity contribution in [2.75, 3.05) is 26.3 Å². The minimum Gasteiger partial charge on any atom is -0.381 e. The molecule has 0 bridgehead atoms. The molecule has 4 heteroatoms. The van der Waals surface area contributed by atoms with E-state index in [9.17, 15) is 0 Å². The smallest absolute Gasteiger partial charge is 0.0736 e. The van der Waals surface area contributed by atoms with Crippen LogP contribution >= 0.6 is 0 Å². The maximum absolute atomic E-state index is 5.73. The fourth-order valence-corrected chi connectivity index (χ4v) is 3.50. The highest BCUT2D eigenvalue weighted by molar-refractivity contribution is 5.25. The molecule has 4 nitrogen and oxygen atoms in total. The summed E-state index contributed by atoms with van der Waals surface area (Å²) in [5.74, 6) is 2.31. The first-order chi connectivity index (χ1) is 10.3. The molecule has 0 saturated heterocycles. The van der Waals surface area contributed by atoms with E-state index in [4.69, 9.17) is 9.84 Å². The molecule has 4 rings (SSSR count). The first-order valence-corrected chi connectivity index (χ1v) is 8.68. The zero-order valence-electron chi connectivity index (χ0n) is 13.1. The van der Waals surface area contributed by atoms with Gasteiger partial charge in [-0.25, -0.2) is 0 Å². The van der Waals surface area contributed by atoms with Crippen LogP contribution in [0.2, 0.25) is 0 Å². The van der Waals surface area contributed by atoms with Gasteiger partial charge in [-0.2, -0.15) is 5.10 Å². The molecule has 0 spiro atoms. The molecular formula is C17H27N3O. The van der Waals surface area contributed by atoms with Gasteiger partial charge in [0.05, 0.1) is 12.3 Å². The van der Waals surface area contributed by atoms with Crippen LogP contribution in [0.15, 0.2) is 6.20 Å². The fraction of sp³-hybridized carbons (Fsp3) is 0.824. The normalized spacial score (nSPS) is 26.0. The molecule has 0 radical (unpaired) electrons. The molecule has 1 aromatic rings. The van der Waals surface area contributed by atoms with Crippen molar-refractivity contribution < 1.29 is 4.74 Å². The zero-order valence-corrected chi connectivity index (χ0v) is 13.1. The Labute approximate surface area is 127 Å². The van der Waals surface area contributed by atoms with Crippen molar-refractivity contribution >= 4 is 0 Å². The second-order valence-electron chi connectivity index (χ2n) is 7.20. The van der Waals surface area contributed by atoms with Gasteiger partial charge in [0, 0.05) is 50.5 Å². The molecule has 0 amide bonds. The molecule has 2 saturated carbocycles. The van der Waals surface area contributed by atoms with Crippen LogP contribution in [-0.4, -0.2) is 41.0 Å². The highest BCUT2D eigenvalue weighted by Gasteiger charge is 2.33. The average molecular weight is 289 g/mol. The second kappa shape index (κ2) is 5.73. The van der Waals surface area contributed by atoms with Crippen molar-refractivity contribution in [3.63, 3.8) is 0 Å². The highest BCUT2D eigenvalue weighted by atomic mass is 16.5. The van der Waals surface area contributed by atoms with Crippen molar-refractivity contribution in [1.82, 2.24) is 14.7 Å². The first kappa shape index (κ1) is 13.8. The number of aromatic nitrogens is 2. The third-order valence-corrected chi connectivity index (χ3v) is 5.01. The molecule has 116 valence electrons. The number of nitrogens with zero attached hydrogens (tertiary/aromatic N) is 3. The summed E-state index contributed by atoms with van der Waals surface area (Å²) in [6.45, 7) is 8.33. The van der Waals surface area contributed by atoms with Crippen LogP contribution in [0, 0.1) is 11.8 Å². The van der Waals surface area contributed by atoms with Crippen molar-refractivity contribution in [2.24, 2.45) is 11.8 Å². The van der Waals surface area contributed by atoms with E-state index in [2.05, 4.69) is 22.7 Å². The lowest BCUT2D eigenvalue weighted by Crippen LogP contribution is -2.36. The summed E-state index contributed by atoms with van der Waals surface area (Å²) in [4.78, 5) is 2.63. The van der Waals surface area contributed by atoms with Crippen molar-refractivity contribution in [3.8, 4) is 0 Å². The van der Waals surface area contributed by atoms with Crippen LogP contribution in [-0.2, 0) is 17.8 Å². The van der Waals surface area contributed by atoms with Crippen LogP contribution in [0.25, 0.3) is 0 Å². The van der Waals surface area contributed by atoms with E-state index in [0.29, 0.717) is 5.92 Å². The third kappa shape index (κ3) is 3.32. The molecule has 1 aliphatic heterocycles. The maximum Gasteiger partial charge on any atom is 0.0736 e. The number of rotatable bonds is 7. The molecule has 2 heterocycles. The van der Waals surface area contributed by atoms with E-state index in [0.717, 1.165) is 44.7 Å². The molecule has 1 aromatic heterocycles. The Morgan fingerprint density at radius 2 is 1.95 bits per heavy atom. The Bertz CT molecular complexity index is 490. The summed E-state index contributed by atoms with van der Waals surface area (Å²) in [5, 5.41) is 4.90. The summed E-state index contributed by atoms with van der Waals surface area (Å²) in [6, 6.07) is 0. The quantitative estimate of drug-likeness (QED) is 0.773. The fourth-order valence-electron chi connectivity index (χ4n) is 3.50. The number of hydrogen-bond donors (Lipinski definition) is 0. The summed E-state index contributed by atoms with van der Waals surface area (Å²) in [5.41, 5.74) is 2.77. The standard InChI is InChI=1S/C17H27N3O/c1-2-21-12-16-10-19(7-13-3-4-13)9-15-11-20(18-17(15)16)8-14-5-6-14/h11,13-14,16H,2-10,12H2,1H3/t16-/m0/s1.